The molecule has 2 N–H and O–H groups in total. The Labute approximate surface area is 115 Å². The number of benzene rings is 2. The number of aliphatic hydroxyl groups is 1. The second-order valence-corrected chi connectivity index (χ2v) is 4.99. The molecule has 1 atom stereocenters. The smallest absolute Gasteiger partial charge is 0.0917 e. The van der Waals surface area contributed by atoms with Crippen LogP contribution in [-0.4, -0.2) is 11.7 Å². The van der Waals surface area contributed by atoms with Crippen LogP contribution in [-0.2, 0) is 6.54 Å². The third-order valence-corrected chi connectivity index (χ3v) is 3.30. The van der Waals surface area contributed by atoms with Gasteiger partial charge in [-0.1, -0.05) is 54.1 Å². The largest absolute Gasteiger partial charge is 0.387 e. The highest BCUT2D eigenvalue weighted by molar-refractivity contribution is 5.28. The van der Waals surface area contributed by atoms with Crippen LogP contribution in [0.25, 0.3) is 0 Å². The molecule has 0 aliphatic heterocycles. The number of hydrogen-bond donors (Lipinski definition) is 2. The Bertz CT molecular complexity index is 536. The number of hydrogen-bond acceptors (Lipinski definition) is 2. The van der Waals surface area contributed by atoms with Gasteiger partial charge in [0.05, 0.1) is 6.10 Å². The molecule has 2 rings (SSSR count). The lowest BCUT2D eigenvalue weighted by atomic mass is 10.0. The molecule has 2 aromatic carbocycles. The summed E-state index contributed by atoms with van der Waals surface area (Å²) in [6, 6.07) is 16.4. The van der Waals surface area contributed by atoms with E-state index in [4.69, 9.17) is 0 Å². The van der Waals surface area contributed by atoms with Gasteiger partial charge in [-0.15, -0.1) is 0 Å². The summed E-state index contributed by atoms with van der Waals surface area (Å²) in [4.78, 5) is 0. The Morgan fingerprint density at radius 1 is 1.05 bits per heavy atom. The van der Waals surface area contributed by atoms with Gasteiger partial charge in [0.1, 0.15) is 0 Å². The zero-order valence-electron chi connectivity index (χ0n) is 11.6. The molecular formula is C17H21NO. The minimum Gasteiger partial charge on any atom is -0.387 e. The first-order chi connectivity index (χ1) is 9.16. The van der Waals surface area contributed by atoms with E-state index in [2.05, 4.69) is 36.5 Å². The molecule has 0 amide bonds. The first-order valence-corrected chi connectivity index (χ1v) is 6.66. The molecule has 19 heavy (non-hydrogen) atoms. The van der Waals surface area contributed by atoms with E-state index in [1.807, 2.05) is 31.2 Å². The van der Waals surface area contributed by atoms with Crippen molar-refractivity contribution in [2.24, 2.45) is 0 Å². The zero-order chi connectivity index (χ0) is 13.7. The first kappa shape index (κ1) is 13.8. The lowest BCUT2D eigenvalue weighted by Gasteiger charge is -2.14. The van der Waals surface area contributed by atoms with Gasteiger partial charge in [0, 0.05) is 13.1 Å². The third kappa shape index (κ3) is 3.91. The summed E-state index contributed by atoms with van der Waals surface area (Å²) in [7, 11) is 0. The maximum Gasteiger partial charge on any atom is 0.0917 e. The number of aliphatic hydroxyl groups excluding tert-OH is 1. The fourth-order valence-electron chi connectivity index (χ4n) is 2.25. The molecule has 1 unspecified atom stereocenters. The molecule has 0 spiro atoms. The van der Waals surface area contributed by atoms with Gasteiger partial charge in [0.15, 0.2) is 0 Å². The Balaban J connectivity index is 1.88. The van der Waals surface area contributed by atoms with Gasteiger partial charge in [-0.05, 0) is 30.5 Å². The molecule has 0 bridgehead atoms. The van der Waals surface area contributed by atoms with Gasteiger partial charge in [0.25, 0.3) is 0 Å². The van der Waals surface area contributed by atoms with Gasteiger partial charge in [-0.2, -0.15) is 0 Å². The predicted molar refractivity (Wildman–Crippen MR) is 79.0 cm³/mol. The van der Waals surface area contributed by atoms with Crippen molar-refractivity contribution in [2.45, 2.75) is 26.5 Å². The topological polar surface area (TPSA) is 32.3 Å². The number of aryl methyl sites for hydroxylation is 2. The van der Waals surface area contributed by atoms with Gasteiger partial charge in [0.2, 0.25) is 0 Å². The minimum atomic E-state index is -0.453. The molecule has 0 aliphatic carbocycles. The monoisotopic (exact) mass is 255 g/mol. The van der Waals surface area contributed by atoms with E-state index in [9.17, 15) is 5.11 Å². The highest BCUT2D eigenvalue weighted by Gasteiger charge is 2.08. The molecule has 0 aliphatic rings. The number of nitrogens with one attached hydrogen (secondary N) is 1. The van der Waals surface area contributed by atoms with E-state index in [0.29, 0.717) is 6.54 Å². The molecule has 0 radical (unpaired) electrons. The van der Waals surface area contributed by atoms with Crippen molar-refractivity contribution in [3.63, 3.8) is 0 Å². The van der Waals surface area contributed by atoms with E-state index < -0.39 is 6.10 Å². The Kier molecular flexibility index (Phi) is 4.72. The highest BCUT2D eigenvalue weighted by atomic mass is 16.3. The second-order valence-electron chi connectivity index (χ2n) is 4.99. The zero-order valence-corrected chi connectivity index (χ0v) is 11.6. The molecule has 0 aromatic heterocycles. The molecule has 100 valence electrons. The SMILES string of the molecule is Cc1cccc(CNCC(O)c2ccccc2C)c1. The first-order valence-electron chi connectivity index (χ1n) is 6.66. The van der Waals surface area contributed by atoms with Crippen LogP contribution in [0, 0.1) is 13.8 Å². The molecule has 0 fully saturated rings. The Hall–Kier alpha value is -1.64. The Morgan fingerprint density at radius 3 is 2.58 bits per heavy atom. The van der Waals surface area contributed by atoms with Crippen LogP contribution in [0.1, 0.15) is 28.4 Å². The summed E-state index contributed by atoms with van der Waals surface area (Å²) in [6.45, 7) is 5.47. The fourth-order valence-corrected chi connectivity index (χ4v) is 2.25. The molecule has 2 aromatic rings. The summed E-state index contributed by atoms with van der Waals surface area (Å²) >= 11 is 0. The van der Waals surface area contributed by atoms with Gasteiger partial charge < -0.3 is 10.4 Å². The molecular weight excluding hydrogens is 234 g/mol. The molecule has 0 saturated heterocycles. The molecule has 0 saturated carbocycles. The van der Waals surface area contributed by atoms with Crippen LogP contribution in [0.3, 0.4) is 0 Å². The van der Waals surface area contributed by atoms with Crippen molar-refractivity contribution < 1.29 is 5.11 Å². The average molecular weight is 255 g/mol. The summed E-state index contributed by atoms with van der Waals surface area (Å²) in [5, 5.41) is 13.5. The van der Waals surface area contributed by atoms with Crippen molar-refractivity contribution in [1.29, 1.82) is 0 Å². The maximum absolute atomic E-state index is 10.2. The van der Waals surface area contributed by atoms with Crippen molar-refractivity contribution in [3.05, 3.63) is 70.8 Å². The number of rotatable bonds is 5. The minimum absolute atomic E-state index is 0.453. The van der Waals surface area contributed by atoms with E-state index in [-0.39, 0.29) is 0 Å². The normalized spacial score (nSPS) is 12.4. The van der Waals surface area contributed by atoms with E-state index in [1.165, 1.54) is 11.1 Å². The maximum atomic E-state index is 10.2. The van der Waals surface area contributed by atoms with Crippen molar-refractivity contribution in [1.82, 2.24) is 5.32 Å². The molecule has 0 heterocycles. The average Bonchev–Trinajstić information content (AvgIpc) is 2.39. The fraction of sp³-hybridized carbons (Fsp3) is 0.294. The van der Waals surface area contributed by atoms with Crippen LogP contribution in [0.5, 0.6) is 0 Å². The predicted octanol–water partition coefficient (Wildman–Crippen LogP) is 3.13. The summed E-state index contributed by atoms with van der Waals surface area (Å²) < 4.78 is 0. The van der Waals surface area contributed by atoms with Crippen molar-refractivity contribution >= 4 is 0 Å². The van der Waals surface area contributed by atoms with Crippen LogP contribution in [0.2, 0.25) is 0 Å². The highest BCUT2D eigenvalue weighted by Crippen LogP contribution is 2.16. The van der Waals surface area contributed by atoms with Crippen LogP contribution < -0.4 is 5.32 Å². The summed E-state index contributed by atoms with van der Waals surface area (Å²) in [5.74, 6) is 0. The van der Waals surface area contributed by atoms with E-state index in [0.717, 1.165) is 17.7 Å². The standard InChI is InChI=1S/C17H21NO/c1-13-6-5-8-15(10-13)11-18-12-17(19)16-9-4-3-7-14(16)2/h3-10,17-19H,11-12H2,1-2H3. The van der Waals surface area contributed by atoms with Crippen LogP contribution in [0.15, 0.2) is 48.5 Å². The second kappa shape index (κ2) is 6.50. The lowest BCUT2D eigenvalue weighted by molar-refractivity contribution is 0.173. The summed E-state index contributed by atoms with van der Waals surface area (Å²) in [5.41, 5.74) is 4.64. The van der Waals surface area contributed by atoms with Crippen LogP contribution >= 0.6 is 0 Å². The molecule has 2 nitrogen and oxygen atoms in total. The molecule has 2 heteroatoms. The Morgan fingerprint density at radius 2 is 1.84 bits per heavy atom. The quantitative estimate of drug-likeness (QED) is 0.860. The van der Waals surface area contributed by atoms with Crippen molar-refractivity contribution in [2.75, 3.05) is 6.54 Å². The van der Waals surface area contributed by atoms with Gasteiger partial charge in [-0.3, -0.25) is 0 Å². The summed E-state index contributed by atoms with van der Waals surface area (Å²) in [6.07, 6.45) is -0.453. The lowest BCUT2D eigenvalue weighted by Crippen LogP contribution is -2.21. The van der Waals surface area contributed by atoms with Gasteiger partial charge in [-0.25, -0.2) is 0 Å². The van der Waals surface area contributed by atoms with Crippen molar-refractivity contribution in [3.8, 4) is 0 Å². The van der Waals surface area contributed by atoms with E-state index >= 15 is 0 Å². The third-order valence-electron chi connectivity index (χ3n) is 3.30. The van der Waals surface area contributed by atoms with Gasteiger partial charge >= 0.3 is 0 Å². The van der Waals surface area contributed by atoms with Crippen LogP contribution in [0.4, 0.5) is 0 Å². The van der Waals surface area contributed by atoms with E-state index in [1.54, 1.807) is 0 Å².